The summed E-state index contributed by atoms with van der Waals surface area (Å²) in [5.74, 6) is 0. The first-order valence-corrected chi connectivity index (χ1v) is 2.00. The second-order valence-corrected chi connectivity index (χ2v) is 1.14. The minimum atomic E-state index is 0.806. The standard InChI is InChI=1S/C4H9NO/c1-3-4-5(2)6/h4H,3H2,1-2H3/b5-4+. The number of hydrogen-bond donors (Lipinski definition) is 0. The Morgan fingerprint density at radius 1 is 1.83 bits per heavy atom. The third-order valence-corrected chi connectivity index (χ3v) is 0.440. The Morgan fingerprint density at radius 3 is 2.33 bits per heavy atom. The van der Waals surface area contributed by atoms with E-state index < -0.39 is 0 Å². The maximum Gasteiger partial charge on any atom is 0.150 e. The number of nitrogens with zero attached hydrogens (tertiary/aromatic N) is 1. The highest BCUT2D eigenvalue weighted by Crippen LogP contribution is 1.62. The lowest BCUT2D eigenvalue weighted by Crippen LogP contribution is -1.92. The van der Waals surface area contributed by atoms with Gasteiger partial charge in [0.1, 0.15) is 13.3 Å². The van der Waals surface area contributed by atoms with Crippen molar-refractivity contribution in [3.63, 3.8) is 0 Å². The van der Waals surface area contributed by atoms with E-state index in [2.05, 4.69) is 0 Å². The largest absolute Gasteiger partial charge is 0.624 e. The lowest BCUT2D eigenvalue weighted by Gasteiger charge is -1.89. The van der Waals surface area contributed by atoms with Gasteiger partial charge < -0.3 is 5.21 Å². The third kappa shape index (κ3) is 3.47. The van der Waals surface area contributed by atoms with E-state index in [9.17, 15) is 5.21 Å². The van der Waals surface area contributed by atoms with Crippen molar-refractivity contribution in [3.8, 4) is 0 Å². The van der Waals surface area contributed by atoms with E-state index in [1.807, 2.05) is 6.92 Å². The molecule has 0 spiro atoms. The van der Waals surface area contributed by atoms with Gasteiger partial charge in [0.25, 0.3) is 0 Å². The van der Waals surface area contributed by atoms with Crippen molar-refractivity contribution >= 4 is 6.21 Å². The molecule has 0 amide bonds. The molecular weight excluding hydrogens is 78.0 g/mol. The van der Waals surface area contributed by atoms with Crippen molar-refractivity contribution < 1.29 is 4.74 Å². The molecule has 0 aromatic rings. The van der Waals surface area contributed by atoms with Gasteiger partial charge in [-0.15, -0.1) is 0 Å². The van der Waals surface area contributed by atoms with E-state index in [4.69, 9.17) is 0 Å². The Bertz CT molecular complexity index is 54.6. The van der Waals surface area contributed by atoms with Crippen LogP contribution >= 0.6 is 0 Å². The van der Waals surface area contributed by atoms with Gasteiger partial charge in [-0.25, -0.2) is 4.74 Å². The fourth-order valence-electron chi connectivity index (χ4n) is 0.257. The summed E-state index contributed by atoms with van der Waals surface area (Å²) in [5.41, 5.74) is 0. The summed E-state index contributed by atoms with van der Waals surface area (Å²) in [7, 11) is 1.48. The highest BCUT2D eigenvalue weighted by molar-refractivity contribution is 5.50. The third-order valence-electron chi connectivity index (χ3n) is 0.440. The SMILES string of the molecule is CC/C=[N+](\C)[O-]. The first-order chi connectivity index (χ1) is 2.77. The zero-order chi connectivity index (χ0) is 4.99. The molecule has 0 saturated heterocycles. The zero-order valence-corrected chi connectivity index (χ0v) is 4.14. The lowest BCUT2D eigenvalue weighted by atomic mass is 10.5. The Kier molecular flexibility index (Phi) is 2.46. The number of rotatable bonds is 1. The van der Waals surface area contributed by atoms with E-state index in [-0.39, 0.29) is 0 Å². The van der Waals surface area contributed by atoms with Gasteiger partial charge in [0.15, 0.2) is 0 Å². The molecule has 0 radical (unpaired) electrons. The second-order valence-electron chi connectivity index (χ2n) is 1.14. The first kappa shape index (κ1) is 5.47. The van der Waals surface area contributed by atoms with Crippen LogP contribution in [0.4, 0.5) is 0 Å². The predicted molar refractivity (Wildman–Crippen MR) is 25.9 cm³/mol. The average Bonchev–Trinajstić information content (AvgIpc) is 1.35. The van der Waals surface area contributed by atoms with Gasteiger partial charge in [0.05, 0.1) is 0 Å². The summed E-state index contributed by atoms with van der Waals surface area (Å²) in [4.78, 5) is 0. The molecule has 0 N–H and O–H groups in total. The molecule has 0 aliphatic carbocycles. The van der Waals surface area contributed by atoms with Gasteiger partial charge >= 0.3 is 0 Å². The summed E-state index contributed by atoms with van der Waals surface area (Å²) in [6.07, 6.45) is 2.39. The maximum absolute atomic E-state index is 9.90. The van der Waals surface area contributed by atoms with E-state index >= 15 is 0 Å². The van der Waals surface area contributed by atoms with E-state index in [1.54, 1.807) is 6.21 Å². The van der Waals surface area contributed by atoms with Crippen molar-refractivity contribution in [2.24, 2.45) is 0 Å². The summed E-state index contributed by atoms with van der Waals surface area (Å²) < 4.78 is 0.806. The molecule has 6 heavy (non-hydrogen) atoms. The number of hydroxylamine groups is 1. The molecule has 0 aromatic carbocycles. The fourth-order valence-corrected chi connectivity index (χ4v) is 0.257. The summed E-state index contributed by atoms with van der Waals surface area (Å²) in [6.45, 7) is 1.92. The Morgan fingerprint density at radius 2 is 2.33 bits per heavy atom. The van der Waals surface area contributed by atoms with Crippen molar-refractivity contribution in [3.05, 3.63) is 5.21 Å². The van der Waals surface area contributed by atoms with Crippen molar-refractivity contribution in [2.45, 2.75) is 13.3 Å². The van der Waals surface area contributed by atoms with Crippen molar-refractivity contribution in [2.75, 3.05) is 7.05 Å². The summed E-state index contributed by atoms with van der Waals surface area (Å²) >= 11 is 0. The average molecular weight is 87.1 g/mol. The lowest BCUT2D eigenvalue weighted by molar-refractivity contribution is -0.418. The van der Waals surface area contributed by atoms with Gasteiger partial charge in [0, 0.05) is 6.42 Å². The maximum atomic E-state index is 9.90. The molecule has 0 saturated carbocycles. The minimum absolute atomic E-state index is 0.806. The Balaban J connectivity index is 3.14. The molecule has 0 rings (SSSR count). The Hall–Kier alpha value is -0.530. The van der Waals surface area contributed by atoms with Crippen LogP contribution in [-0.2, 0) is 0 Å². The molecule has 2 nitrogen and oxygen atoms in total. The van der Waals surface area contributed by atoms with Gasteiger partial charge in [0.2, 0.25) is 0 Å². The monoisotopic (exact) mass is 87.1 g/mol. The predicted octanol–water partition coefficient (Wildman–Crippen LogP) is 0.607. The zero-order valence-electron chi connectivity index (χ0n) is 4.14. The number of hydrogen-bond acceptors (Lipinski definition) is 1. The quantitative estimate of drug-likeness (QED) is 0.199. The van der Waals surface area contributed by atoms with Gasteiger partial charge in [-0.1, -0.05) is 6.92 Å². The molecule has 0 unspecified atom stereocenters. The first-order valence-electron chi connectivity index (χ1n) is 2.00. The molecule has 0 aromatic heterocycles. The normalized spacial score (nSPS) is 12.0. The van der Waals surface area contributed by atoms with Crippen LogP contribution in [-0.4, -0.2) is 18.0 Å². The van der Waals surface area contributed by atoms with Crippen LogP contribution in [0.25, 0.3) is 0 Å². The molecule has 0 atom stereocenters. The van der Waals surface area contributed by atoms with Crippen molar-refractivity contribution in [1.82, 2.24) is 0 Å². The molecule has 0 fully saturated rings. The highest BCUT2D eigenvalue weighted by atomic mass is 16.5. The molecule has 2 heteroatoms. The molecule has 36 valence electrons. The second kappa shape index (κ2) is 2.69. The molecule has 0 aliphatic rings. The van der Waals surface area contributed by atoms with Crippen LogP contribution in [0.1, 0.15) is 13.3 Å². The molecule has 0 bridgehead atoms. The van der Waals surface area contributed by atoms with E-state index in [1.165, 1.54) is 7.05 Å². The minimum Gasteiger partial charge on any atom is -0.624 e. The van der Waals surface area contributed by atoms with Crippen LogP contribution < -0.4 is 0 Å². The molecular formula is C4H9NO. The van der Waals surface area contributed by atoms with Gasteiger partial charge in [-0.3, -0.25) is 0 Å². The van der Waals surface area contributed by atoms with Crippen LogP contribution in [0.5, 0.6) is 0 Å². The van der Waals surface area contributed by atoms with Crippen LogP contribution in [0, 0.1) is 5.21 Å². The van der Waals surface area contributed by atoms with Gasteiger partial charge in [-0.05, 0) is 0 Å². The Labute approximate surface area is 37.7 Å². The van der Waals surface area contributed by atoms with E-state index in [0.29, 0.717) is 0 Å². The smallest absolute Gasteiger partial charge is 0.150 e. The van der Waals surface area contributed by atoms with Crippen molar-refractivity contribution in [1.29, 1.82) is 0 Å². The molecule has 0 heterocycles. The van der Waals surface area contributed by atoms with Gasteiger partial charge in [-0.2, -0.15) is 0 Å². The highest BCUT2D eigenvalue weighted by Gasteiger charge is 1.69. The van der Waals surface area contributed by atoms with Crippen LogP contribution in [0.3, 0.4) is 0 Å². The summed E-state index contributed by atoms with van der Waals surface area (Å²) in [5, 5.41) is 9.90. The van der Waals surface area contributed by atoms with Crippen LogP contribution in [0.15, 0.2) is 0 Å². The summed E-state index contributed by atoms with van der Waals surface area (Å²) in [6, 6.07) is 0. The van der Waals surface area contributed by atoms with Crippen LogP contribution in [0.2, 0.25) is 0 Å². The van der Waals surface area contributed by atoms with E-state index in [0.717, 1.165) is 11.2 Å². The fraction of sp³-hybridized carbons (Fsp3) is 0.750. The topological polar surface area (TPSA) is 26.1 Å². The molecule has 0 aliphatic heterocycles.